The largest absolute Gasteiger partial charge is 0.444 e. The molecule has 0 unspecified atom stereocenters. The molecule has 2 aliphatic rings. The van der Waals surface area contributed by atoms with Crippen molar-refractivity contribution in [3.63, 3.8) is 0 Å². The molecule has 4 N–H and O–H groups in total. The second kappa shape index (κ2) is 16.5. The molecule has 15 heteroatoms. The number of amides is 2. The van der Waals surface area contributed by atoms with E-state index in [0.717, 1.165) is 46.0 Å². The summed E-state index contributed by atoms with van der Waals surface area (Å²) in [6, 6.07) is 14.7. The average Bonchev–Trinajstić information content (AvgIpc) is 3.51. The van der Waals surface area contributed by atoms with Gasteiger partial charge in [-0.05, 0) is 126 Å². The van der Waals surface area contributed by atoms with Crippen LogP contribution in [0.3, 0.4) is 0 Å². The number of thiocarbonyl (C=S) groups is 1. The van der Waals surface area contributed by atoms with E-state index < -0.39 is 23.4 Å². The number of aliphatic imine (C=N–C) groups is 1. The fraction of sp³-hybridized carbons (Fsp3) is 0.421. The van der Waals surface area contributed by atoms with Crippen molar-refractivity contribution in [3.8, 4) is 0 Å². The number of imidazole rings is 1. The van der Waals surface area contributed by atoms with E-state index in [1.807, 2.05) is 39.0 Å². The normalized spacial score (nSPS) is 14.5. The van der Waals surface area contributed by atoms with E-state index in [4.69, 9.17) is 49.3 Å². The maximum absolute atomic E-state index is 12.0. The van der Waals surface area contributed by atoms with Gasteiger partial charge in [0, 0.05) is 26.2 Å². The summed E-state index contributed by atoms with van der Waals surface area (Å²) in [7, 11) is 0. The summed E-state index contributed by atoms with van der Waals surface area (Å²) in [6.45, 7) is 13.7. The van der Waals surface area contributed by atoms with E-state index in [-0.39, 0.29) is 0 Å². The van der Waals surface area contributed by atoms with E-state index in [1.165, 1.54) is 19.3 Å². The molecular weight excluding hydrogens is 757 g/mol. The number of carbonyl (C=O) groups is 2. The SMILES string of the molecule is CC(C)(C)OC(=O)NCc1ccc(Cl)c(N=C=S)c1.CC(C)(C)OC(=O)NCc1ccc(Cl)c(Nc2nc3cc(N4CCC5(CC5)C4)c(Cl)cc3[nH]2)c1. The lowest BCUT2D eigenvalue weighted by Gasteiger charge is -2.20. The molecule has 1 aromatic heterocycles. The first-order valence-electron chi connectivity index (χ1n) is 17.2. The van der Waals surface area contributed by atoms with Crippen molar-refractivity contribution < 1.29 is 19.1 Å². The molecule has 3 aromatic carbocycles. The number of ether oxygens (including phenoxy) is 2. The van der Waals surface area contributed by atoms with Gasteiger partial charge in [0.25, 0.3) is 0 Å². The zero-order valence-electron chi connectivity index (χ0n) is 30.6. The van der Waals surface area contributed by atoms with Crippen LogP contribution < -0.4 is 20.9 Å². The third-order valence-electron chi connectivity index (χ3n) is 8.42. The van der Waals surface area contributed by atoms with Crippen molar-refractivity contribution in [3.05, 3.63) is 74.7 Å². The molecule has 2 heterocycles. The van der Waals surface area contributed by atoms with Crippen LogP contribution in [0.15, 0.2) is 53.5 Å². The smallest absolute Gasteiger partial charge is 0.407 e. The summed E-state index contributed by atoms with van der Waals surface area (Å²) in [5, 5.41) is 12.7. The Balaban J connectivity index is 0.000000243. The number of rotatable bonds is 8. The number of nitrogens with one attached hydrogen (secondary N) is 4. The third kappa shape index (κ3) is 11.7. The minimum absolute atomic E-state index is 0.317. The minimum Gasteiger partial charge on any atom is -0.444 e. The number of fused-ring (bicyclic) bond motifs is 1. The van der Waals surface area contributed by atoms with Crippen LogP contribution in [0.4, 0.5) is 32.6 Å². The Bertz CT molecular complexity index is 2030. The summed E-state index contributed by atoms with van der Waals surface area (Å²) >= 11 is 23.5. The second-order valence-corrected chi connectivity index (χ2v) is 16.6. The molecule has 1 saturated carbocycles. The predicted molar refractivity (Wildman–Crippen MR) is 217 cm³/mol. The van der Waals surface area contributed by atoms with Gasteiger partial charge >= 0.3 is 12.2 Å². The number of carbonyl (C=O) groups excluding carboxylic acids is 2. The fourth-order valence-corrected chi connectivity index (χ4v) is 6.44. The highest BCUT2D eigenvalue weighted by Gasteiger charge is 2.48. The summed E-state index contributed by atoms with van der Waals surface area (Å²) in [5.74, 6) is 0.572. The van der Waals surface area contributed by atoms with Gasteiger partial charge < -0.3 is 35.3 Å². The van der Waals surface area contributed by atoms with Gasteiger partial charge in [-0.25, -0.2) is 14.6 Å². The lowest BCUT2D eigenvalue weighted by atomic mass is 10.1. The van der Waals surface area contributed by atoms with Crippen LogP contribution >= 0.6 is 47.0 Å². The van der Waals surface area contributed by atoms with Crippen LogP contribution in [0, 0.1) is 5.41 Å². The van der Waals surface area contributed by atoms with E-state index in [9.17, 15) is 9.59 Å². The van der Waals surface area contributed by atoms with Crippen molar-refractivity contribution >= 4 is 98.4 Å². The van der Waals surface area contributed by atoms with Gasteiger partial charge in [0.15, 0.2) is 0 Å². The highest BCUT2D eigenvalue weighted by atomic mass is 35.5. The average molecular weight is 801 g/mol. The summed E-state index contributed by atoms with van der Waals surface area (Å²) in [6.07, 6.45) is 2.96. The number of nitrogens with zero attached hydrogens (tertiary/aromatic N) is 3. The number of hydrogen-bond donors (Lipinski definition) is 4. The Morgan fingerprint density at radius 3 is 2.06 bits per heavy atom. The lowest BCUT2D eigenvalue weighted by molar-refractivity contribution is 0.0512. The molecule has 1 saturated heterocycles. The number of H-pyrrole nitrogens is 1. The number of hydrogen-bond acceptors (Lipinski definition) is 9. The molecule has 0 atom stereocenters. The van der Waals surface area contributed by atoms with Crippen molar-refractivity contribution in [2.24, 2.45) is 10.4 Å². The van der Waals surface area contributed by atoms with Crippen molar-refractivity contribution in [2.75, 3.05) is 23.3 Å². The van der Waals surface area contributed by atoms with Crippen LogP contribution in [0.1, 0.15) is 71.9 Å². The zero-order valence-corrected chi connectivity index (χ0v) is 33.7. The Morgan fingerprint density at radius 2 is 1.49 bits per heavy atom. The second-order valence-electron chi connectivity index (χ2n) is 15.2. The Kier molecular flexibility index (Phi) is 12.5. The van der Waals surface area contributed by atoms with Gasteiger partial charge in [-0.15, -0.1) is 0 Å². The molecule has 0 radical (unpaired) electrons. The number of aromatic nitrogens is 2. The minimum atomic E-state index is -0.547. The zero-order chi connectivity index (χ0) is 38.6. The first-order chi connectivity index (χ1) is 24.9. The Labute approximate surface area is 330 Å². The molecule has 0 bridgehead atoms. The lowest BCUT2D eigenvalue weighted by Crippen LogP contribution is -2.32. The summed E-state index contributed by atoms with van der Waals surface area (Å²) < 4.78 is 10.4. The molecule has 1 spiro atoms. The van der Waals surface area contributed by atoms with Gasteiger partial charge in [-0.3, -0.25) is 0 Å². The van der Waals surface area contributed by atoms with E-state index in [1.54, 1.807) is 45.0 Å². The van der Waals surface area contributed by atoms with Crippen LogP contribution in [-0.2, 0) is 22.6 Å². The first kappa shape index (κ1) is 40.1. The maximum atomic E-state index is 12.0. The standard InChI is InChI=1S/C25H29Cl2N5O2.C13H15ClN2O2S/c1-24(2,3)34-23(33)28-13-15-4-5-16(26)18(10-15)29-22-30-19-11-17(27)21(12-20(19)31-22)32-9-8-25(14-32)6-7-25;1-13(2,3)18-12(17)15-7-9-4-5-10(14)11(6-9)16-8-19/h4-5,10-12H,6-9,13-14H2,1-3H3,(H,28,33)(H2,29,30,31);4-6H,7H2,1-3H3,(H,15,17). The number of alkyl carbamates (subject to hydrolysis) is 2. The Morgan fingerprint density at radius 1 is 0.887 bits per heavy atom. The molecule has 2 fully saturated rings. The third-order valence-corrected chi connectivity index (χ3v) is 9.46. The number of halogens is 3. The summed E-state index contributed by atoms with van der Waals surface area (Å²) in [5.41, 5.74) is 5.15. The number of aromatic amines is 1. The van der Waals surface area contributed by atoms with Crippen LogP contribution in [0.25, 0.3) is 11.0 Å². The quantitative estimate of drug-likeness (QED) is 0.102. The van der Waals surface area contributed by atoms with E-state index in [2.05, 4.69) is 54.3 Å². The number of anilines is 3. The summed E-state index contributed by atoms with van der Waals surface area (Å²) in [4.78, 5) is 37.7. The molecule has 4 aromatic rings. The number of isothiocyanates is 1. The van der Waals surface area contributed by atoms with Crippen LogP contribution in [0.5, 0.6) is 0 Å². The fourth-order valence-electron chi connectivity index (χ4n) is 5.73. The molecule has 1 aliphatic heterocycles. The van der Waals surface area contributed by atoms with Gasteiger partial charge in [0.2, 0.25) is 5.95 Å². The van der Waals surface area contributed by atoms with Gasteiger partial charge in [-0.2, -0.15) is 4.99 Å². The van der Waals surface area contributed by atoms with Crippen LogP contribution in [0.2, 0.25) is 15.1 Å². The first-order valence-corrected chi connectivity index (χ1v) is 18.7. The van der Waals surface area contributed by atoms with E-state index >= 15 is 0 Å². The topological polar surface area (TPSA) is 133 Å². The monoisotopic (exact) mass is 799 g/mol. The van der Waals surface area contributed by atoms with Crippen molar-refractivity contribution in [2.45, 2.75) is 85.1 Å². The maximum Gasteiger partial charge on any atom is 0.407 e. The van der Waals surface area contributed by atoms with E-state index in [0.29, 0.717) is 45.9 Å². The van der Waals surface area contributed by atoms with Gasteiger partial charge in [0.1, 0.15) is 11.2 Å². The highest BCUT2D eigenvalue weighted by molar-refractivity contribution is 7.78. The highest BCUT2D eigenvalue weighted by Crippen LogP contribution is 2.54. The molecule has 6 rings (SSSR count). The van der Waals surface area contributed by atoms with Gasteiger partial charge in [-0.1, -0.05) is 46.9 Å². The van der Waals surface area contributed by atoms with Crippen molar-refractivity contribution in [1.82, 2.24) is 20.6 Å². The molecule has 282 valence electrons. The van der Waals surface area contributed by atoms with Crippen LogP contribution in [-0.4, -0.2) is 51.6 Å². The number of benzene rings is 3. The van der Waals surface area contributed by atoms with Crippen molar-refractivity contribution in [1.29, 1.82) is 0 Å². The molecule has 53 heavy (non-hydrogen) atoms. The molecule has 1 aliphatic carbocycles. The predicted octanol–water partition coefficient (Wildman–Crippen LogP) is 10.7. The molecular formula is C38H44Cl3N7O4S. The van der Waals surface area contributed by atoms with Gasteiger partial charge in [0.05, 0.1) is 48.3 Å². The molecule has 11 nitrogen and oxygen atoms in total. The Hall–Kier alpha value is -4.06. The molecule has 2 amide bonds.